The second-order valence-corrected chi connectivity index (χ2v) is 4.04. The molecular weight excluding hydrogens is 246 g/mol. The highest BCUT2D eigenvalue weighted by atomic mass is 16.5. The summed E-state index contributed by atoms with van der Waals surface area (Å²) in [4.78, 5) is 15.7. The summed E-state index contributed by atoms with van der Waals surface area (Å²) >= 11 is 0. The van der Waals surface area contributed by atoms with E-state index in [1.807, 2.05) is 0 Å². The zero-order chi connectivity index (χ0) is 13.4. The quantitative estimate of drug-likeness (QED) is 0.670. The van der Waals surface area contributed by atoms with Crippen molar-refractivity contribution in [3.8, 4) is 11.6 Å². The molecule has 0 fully saturated rings. The molecule has 0 radical (unpaired) electrons. The molecule has 3 N–H and O–H groups in total. The third kappa shape index (κ3) is 2.01. The number of aromatic amines is 1. The van der Waals surface area contributed by atoms with Crippen LogP contribution >= 0.6 is 0 Å². The molecule has 7 nitrogen and oxygen atoms in total. The lowest BCUT2D eigenvalue weighted by atomic mass is 10.3. The third-order valence-corrected chi connectivity index (χ3v) is 2.65. The first kappa shape index (κ1) is 11.3. The van der Waals surface area contributed by atoms with Crippen LogP contribution in [-0.2, 0) is 0 Å². The number of hydrogen-bond acceptors (Lipinski definition) is 5. The summed E-state index contributed by atoms with van der Waals surface area (Å²) in [6.07, 6.45) is 0. The highest BCUT2D eigenvalue weighted by Crippen LogP contribution is 2.21. The summed E-state index contributed by atoms with van der Waals surface area (Å²) in [5.41, 5.74) is 6.40. The van der Waals surface area contributed by atoms with Crippen LogP contribution in [0.2, 0.25) is 0 Å². The number of benzene rings is 1. The van der Waals surface area contributed by atoms with Crippen molar-refractivity contribution in [2.24, 2.45) is 0 Å². The first-order valence-corrected chi connectivity index (χ1v) is 5.62. The van der Waals surface area contributed by atoms with E-state index in [0.717, 1.165) is 0 Å². The Morgan fingerprint density at radius 3 is 2.79 bits per heavy atom. The van der Waals surface area contributed by atoms with E-state index >= 15 is 0 Å². The van der Waals surface area contributed by atoms with Crippen molar-refractivity contribution in [3.63, 3.8) is 0 Å². The summed E-state index contributed by atoms with van der Waals surface area (Å²) < 4.78 is 6.97. The Balaban J connectivity index is 2.01. The number of anilines is 1. The lowest BCUT2D eigenvalue weighted by Crippen LogP contribution is -2.13. The average molecular weight is 257 g/mol. The van der Waals surface area contributed by atoms with E-state index in [2.05, 4.69) is 15.2 Å². The molecule has 1 aromatic carbocycles. The monoisotopic (exact) mass is 257 g/mol. The van der Waals surface area contributed by atoms with Crippen molar-refractivity contribution in [2.75, 3.05) is 5.73 Å². The first-order valence-electron chi connectivity index (χ1n) is 5.62. The van der Waals surface area contributed by atoms with Gasteiger partial charge >= 0.3 is 5.69 Å². The zero-order valence-electron chi connectivity index (χ0n) is 10.1. The number of ether oxygens (including phenoxy) is 1. The number of H-pyrrole nitrogens is 1. The van der Waals surface area contributed by atoms with Gasteiger partial charge in [-0.3, -0.25) is 0 Å². The highest BCUT2D eigenvalue weighted by molar-refractivity contribution is 5.45. The van der Waals surface area contributed by atoms with Crippen LogP contribution in [0.1, 0.15) is 5.82 Å². The minimum Gasteiger partial charge on any atom is -0.439 e. The van der Waals surface area contributed by atoms with Crippen molar-refractivity contribution < 1.29 is 4.74 Å². The molecule has 0 saturated carbocycles. The number of nitrogens with zero attached hydrogens (tertiary/aromatic N) is 3. The molecule has 2 aromatic heterocycles. The predicted octanol–water partition coefficient (Wildman–Crippen LogP) is 1.10. The fourth-order valence-electron chi connectivity index (χ4n) is 1.78. The van der Waals surface area contributed by atoms with Crippen LogP contribution in [0.5, 0.6) is 11.6 Å². The number of aromatic nitrogens is 4. The largest absolute Gasteiger partial charge is 0.439 e. The summed E-state index contributed by atoms with van der Waals surface area (Å²) in [7, 11) is 0. The van der Waals surface area contributed by atoms with E-state index in [-0.39, 0.29) is 5.69 Å². The Morgan fingerprint density at radius 1 is 1.32 bits per heavy atom. The van der Waals surface area contributed by atoms with Crippen LogP contribution in [0.25, 0.3) is 5.65 Å². The Kier molecular flexibility index (Phi) is 2.45. The van der Waals surface area contributed by atoms with Gasteiger partial charge in [0.05, 0.1) is 0 Å². The Hall–Kier alpha value is -2.83. The summed E-state index contributed by atoms with van der Waals surface area (Å²) in [5.74, 6) is 1.48. The minimum absolute atomic E-state index is 0.320. The second-order valence-electron chi connectivity index (χ2n) is 4.04. The number of nitrogens with two attached hydrogens (primary N) is 1. The fraction of sp³-hybridized carbons (Fsp3) is 0.0833. The Morgan fingerprint density at radius 2 is 2.05 bits per heavy atom. The van der Waals surface area contributed by atoms with Crippen molar-refractivity contribution in [1.82, 2.24) is 19.6 Å². The van der Waals surface area contributed by atoms with Gasteiger partial charge < -0.3 is 10.5 Å². The smallest absolute Gasteiger partial charge is 0.349 e. The van der Waals surface area contributed by atoms with Crippen LogP contribution in [0, 0.1) is 6.92 Å². The van der Waals surface area contributed by atoms with Crippen molar-refractivity contribution in [2.45, 2.75) is 6.92 Å². The van der Waals surface area contributed by atoms with Gasteiger partial charge in [-0.25, -0.2) is 14.3 Å². The normalized spacial score (nSPS) is 10.8. The van der Waals surface area contributed by atoms with Crippen LogP contribution < -0.4 is 16.2 Å². The maximum absolute atomic E-state index is 11.5. The Labute approximate surface area is 107 Å². The molecule has 0 aliphatic heterocycles. The fourth-order valence-corrected chi connectivity index (χ4v) is 1.78. The molecule has 0 amide bonds. The van der Waals surface area contributed by atoms with Gasteiger partial charge in [0.15, 0.2) is 5.65 Å². The molecule has 0 aliphatic carbocycles. The number of nitrogens with one attached hydrogen (secondary N) is 1. The van der Waals surface area contributed by atoms with Crippen LogP contribution in [0.4, 0.5) is 5.69 Å². The van der Waals surface area contributed by atoms with E-state index in [1.165, 1.54) is 4.40 Å². The van der Waals surface area contributed by atoms with Crippen molar-refractivity contribution in [1.29, 1.82) is 0 Å². The molecule has 0 aliphatic rings. The molecule has 96 valence electrons. The summed E-state index contributed by atoms with van der Waals surface area (Å²) in [5, 5.41) is 6.24. The topological polar surface area (TPSA) is 98.3 Å². The van der Waals surface area contributed by atoms with E-state index < -0.39 is 0 Å². The molecule has 0 atom stereocenters. The number of nitrogen functional groups attached to an aromatic ring is 1. The third-order valence-electron chi connectivity index (χ3n) is 2.65. The van der Waals surface area contributed by atoms with E-state index in [9.17, 15) is 4.79 Å². The lowest BCUT2D eigenvalue weighted by Gasteiger charge is -2.06. The van der Waals surface area contributed by atoms with Crippen LogP contribution in [0.3, 0.4) is 0 Å². The first-order chi connectivity index (χ1) is 9.13. The molecular formula is C12H11N5O2. The molecule has 7 heteroatoms. The zero-order valence-corrected chi connectivity index (χ0v) is 10.1. The van der Waals surface area contributed by atoms with E-state index in [0.29, 0.717) is 28.8 Å². The summed E-state index contributed by atoms with van der Waals surface area (Å²) in [6.45, 7) is 1.71. The highest BCUT2D eigenvalue weighted by Gasteiger charge is 2.08. The van der Waals surface area contributed by atoms with Crippen molar-refractivity contribution >= 4 is 11.3 Å². The van der Waals surface area contributed by atoms with Gasteiger partial charge in [-0.1, -0.05) is 0 Å². The SMILES string of the molecule is Cc1nc(Oc2ccc(N)cc2)cc2n[nH]c(=O)n12. The molecule has 0 saturated heterocycles. The second kappa shape index (κ2) is 4.13. The Bertz CT molecular complexity index is 788. The maximum atomic E-state index is 11.5. The molecule has 0 bridgehead atoms. The lowest BCUT2D eigenvalue weighted by molar-refractivity contribution is 0.460. The van der Waals surface area contributed by atoms with Crippen LogP contribution in [-0.4, -0.2) is 19.6 Å². The van der Waals surface area contributed by atoms with E-state index in [1.54, 1.807) is 37.3 Å². The predicted molar refractivity (Wildman–Crippen MR) is 69.3 cm³/mol. The molecule has 19 heavy (non-hydrogen) atoms. The van der Waals surface area contributed by atoms with Gasteiger partial charge in [0.2, 0.25) is 5.88 Å². The average Bonchev–Trinajstić information content (AvgIpc) is 2.74. The van der Waals surface area contributed by atoms with Crippen molar-refractivity contribution in [3.05, 3.63) is 46.6 Å². The molecule has 3 aromatic rings. The number of aryl methyl sites for hydroxylation is 1. The molecule has 0 unspecified atom stereocenters. The van der Waals surface area contributed by atoms with Crippen LogP contribution in [0.15, 0.2) is 35.1 Å². The molecule has 3 rings (SSSR count). The number of hydrogen-bond donors (Lipinski definition) is 2. The maximum Gasteiger partial charge on any atom is 0.349 e. The molecule has 0 spiro atoms. The van der Waals surface area contributed by atoms with Gasteiger partial charge in [-0.15, -0.1) is 0 Å². The molecule has 2 heterocycles. The summed E-state index contributed by atoms with van der Waals surface area (Å²) in [6, 6.07) is 8.54. The van der Waals surface area contributed by atoms with Gasteiger partial charge in [0.1, 0.15) is 11.6 Å². The van der Waals surface area contributed by atoms with E-state index in [4.69, 9.17) is 10.5 Å². The van der Waals surface area contributed by atoms with Gasteiger partial charge in [0, 0.05) is 11.8 Å². The number of rotatable bonds is 2. The standard InChI is InChI=1S/C12H11N5O2/c1-7-14-11(6-10-15-16-12(18)17(7)10)19-9-4-2-8(13)3-5-9/h2-6H,13H2,1H3,(H,16,18). The van der Waals surface area contributed by atoms with Gasteiger partial charge in [-0.2, -0.15) is 10.1 Å². The van der Waals surface area contributed by atoms with Gasteiger partial charge in [0.25, 0.3) is 0 Å². The minimum atomic E-state index is -0.320. The van der Waals surface area contributed by atoms with Gasteiger partial charge in [-0.05, 0) is 31.2 Å². The number of fused-ring (bicyclic) bond motifs is 1.